The van der Waals surface area contributed by atoms with E-state index in [0.29, 0.717) is 5.13 Å². The van der Waals surface area contributed by atoms with E-state index in [4.69, 9.17) is 10.8 Å². The van der Waals surface area contributed by atoms with Crippen LogP contribution < -0.4 is 5.73 Å². The highest BCUT2D eigenvalue weighted by Crippen LogP contribution is 2.32. The predicted octanol–water partition coefficient (Wildman–Crippen LogP) is 1.95. The van der Waals surface area contributed by atoms with E-state index in [1.165, 1.54) is 11.3 Å². The maximum atomic E-state index is 9.05. The number of thiazole rings is 1. The Balaban J connectivity index is 2.50. The number of aliphatic hydroxyl groups excluding tert-OH is 1. The third-order valence-electron chi connectivity index (χ3n) is 1.61. The molecule has 2 rings (SSSR count). The molecule has 0 aromatic carbocycles. The fourth-order valence-electron chi connectivity index (χ4n) is 1.08. The van der Waals surface area contributed by atoms with E-state index >= 15 is 0 Å². The van der Waals surface area contributed by atoms with E-state index in [1.807, 2.05) is 17.5 Å². The topological polar surface area (TPSA) is 59.1 Å². The lowest BCUT2D eigenvalue weighted by Gasteiger charge is -1.93. The van der Waals surface area contributed by atoms with Gasteiger partial charge in [0, 0.05) is 0 Å². The molecule has 0 bridgehead atoms. The van der Waals surface area contributed by atoms with Crippen molar-refractivity contribution in [1.82, 2.24) is 4.98 Å². The minimum absolute atomic E-state index is 0.00208. The molecular weight excluding hydrogens is 204 g/mol. The lowest BCUT2D eigenvalue weighted by Crippen LogP contribution is -1.83. The second-order valence-electron chi connectivity index (χ2n) is 2.46. The van der Waals surface area contributed by atoms with Crippen molar-refractivity contribution in [3.63, 3.8) is 0 Å². The van der Waals surface area contributed by atoms with Crippen LogP contribution in [0.1, 0.15) is 4.88 Å². The van der Waals surface area contributed by atoms with Crippen molar-refractivity contribution >= 4 is 27.8 Å². The second kappa shape index (κ2) is 3.45. The van der Waals surface area contributed by atoms with Crippen LogP contribution in [0.5, 0.6) is 0 Å². The van der Waals surface area contributed by atoms with Crippen molar-refractivity contribution in [3.05, 3.63) is 22.4 Å². The molecule has 0 aliphatic heterocycles. The number of aliphatic hydroxyl groups is 1. The third-order valence-corrected chi connectivity index (χ3v) is 3.36. The number of hydrogen-bond acceptors (Lipinski definition) is 5. The van der Waals surface area contributed by atoms with E-state index in [9.17, 15) is 0 Å². The van der Waals surface area contributed by atoms with Gasteiger partial charge in [-0.3, -0.25) is 0 Å². The van der Waals surface area contributed by atoms with Gasteiger partial charge in [-0.05, 0) is 11.4 Å². The summed E-state index contributed by atoms with van der Waals surface area (Å²) in [7, 11) is 0. The summed E-state index contributed by atoms with van der Waals surface area (Å²) in [5.74, 6) is 0. The fourth-order valence-corrected chi connectivity index (χ4v) is 2.60. The zero-order valence-corrected chi connectivity index (χ0v) is 8.36. The lowest BCUT2D eigenvalue weighted by atomic mass is 10.3. The Labute approximate surface area is 83.5 Å². The number of rotatable bonds is 2. The molecule has 0 aliphatic carbocycles. The van der Waals surface area contributed by atoms with Gasteiger partial charge in [-0.15, -0.1) is 11.3 Å². The van der Waals surface area contributed by atoms with E-state index < -0.39 is 0 Å². The van der Waals surface area contributed by atoms with Crippen LogP contribution in [-0.2, 0) is 6.61 Å². The molecule has 2 aromatic rings. The monoisotopic (exact) mass is 212 g/mol. The number of nitrogens with zero attached hydrogens (tertiary/aromatic N) is 1. The summed E-state index contributed by atoms with van der Waals surface area (Å²) < 4.78 is 0. The molecule has 5 heteroatoms. The van der Waals surface area contributed by atoms with Crippen LogP contribution in [0.4, 0.5) is 5.13 Å². The standard InChI is InChI=1S/C8H8N2OS2/c9-8-10-7(6(4-11)13-8)5-2-1-3-12-5/h1-3,11H,4H2,(H2,9,10). The van der Waals surface area contributed by atoms with Crippen LogP contribution in [-0.4, -0.2) is 10.1 Å². The Hall–Kier alpha value is -0.910. The molecule has 0 spiro atoms. The molecule has 0 aliphatic rings. The van der Waals surface area contributed by atoms with Crippen molar-refractivity contribution in [2.75, 3.05) is 5.73 Å². The molecule has 0 unspecified atom stereocenters. The maximum absolute atomic E-state index is 9.05. The van der Waals surface area contributed by atoms with E-state index in [1.54, 1.807) is 11.3 Å². The highest BCUT2D eigenvalue weighted by Gasteiger charge is 2.10. The predicted molar refractivity (Wildman–Crippen MR) is 55.8 cm³/mol. The van der Waals surface area contributed by atoms with E-state index in [2.05, 4.69) is 4.98 Å². The Morgan fingerprint density at radius 2 is 2.38 bits per heavy atom. The number of hydrogen-bond donors (Lipinski definition) is 2. The van der Waals surface area contributed by atoms with Gasteiger partial charge in [0.05, 0.1) is 22.1 Å². The molecule has 13 heavy (non-hydrogen) atoms. The largest absolute Gasteiger partial charge is 0.391 e. The molecule has 0 fully saturated rings. The van der Waals surface area contributed by atoms with Crippen LogP contribution in [0.15, 0.2) is 17.5 Å². The molecule has 3 nitrogen and oxygen atoms in total. The molecule has 2 heterocycles. The quantitative estimate of drug-likeness (QED) is 0.800. The van der Waals surface area contributed by atoms with Crippen molar-refractivity contribution < 1.29 is 5.11 Å². The zero-order chi connectivity index (χ0) is 9.26. The van der Waals surface area contributed by atoms with Crippen molar-refractivity contribution in [2.45, 2.75) is 6.61 Å². The summed E-state index contributed by atoms with van der Waals surface area (Å²) in [6, 6.07) is 3.93. The first kappa shape index (κ1) is 8.68. The van der Waals surface area contributed by atoms with Gasteiger partial charge in [-0.2, -0.15) is 0 Å². The van der Waals surface area contributed by atoms with E-state index in [-0.39, 0.29) is 6.61 Å². The van der Waals surface area contributed by atoms with Gasteiger partial charge in [0.1, 0.15) is 0 Å². The molecule has 0 saturated heterocycles. The Morgan fingerprint density at radius 3 is 3.00 bits per heavy atom. The average molecular weight is 212 g/mol. The number of nitrogens with two attached hydrogens (primary N) is 1. The molecule has 0 atom stereocenters. The molecule has 0 radical (unpaired) electrons. The molecule has 68 valence electrons. The summed E-state index contributed by atoms with van der Waals surface area (Å²) >= 11 is 2.93. The SMILES string of the molecule is Nc1nc(-c2cccs2)c(CO)s1. The molecular formula is C8H8N2OS2. The Kier molecular flexibility index (Phi) is 2.30. The number of anilines is 1. The van der Waals surface area contributed by atoms with Crippen LogP contribution in [0.2, 0.25) is 0 Å². The molecule has 0 amide bonds. The van der Waals surface area contributed by atoms with Crippen molar-refractivity contribution in [2.24, 2.45) is 0 Å². The van der Waals surface area contributed by atoms with Gasteiger partial charge in [0.25, 0.3) is 0 Å². The fraction of sp³-hybridized carbons (Fsp3) is 0.125. The highest BCUT2D eigenvalue weighted by molar-refractivity contribution is 7.17. The first-order valence-electron chi connectivity index (χ1n) is 3.71. The number of thiophene rings is 1. The zero-order valence-electron chi connectivity index (χ0n) is 6.73. The van der Waals surface area contributed by atoms with Gasteiger partial charge in [0.15, 0.2) is 5.13 Å². The normalized spacial score (nSPS) is 10.5. The van der Waals surface area contributed by atoms with Crippen LogP contribution in [0.25, 0.3) is 10.6 Å². The highest BCUT2D eigenvalue weighted by atomic mass is 32.1. The van der Waals surface area contributed by atoms with Gasteiger partial charge in [0.2, 0.25) is 0 Å². The van der Waals surface area contributed by atoms with Gasteiger partial charge < -0.3 is 10.8 Å². The average Bonchev–Trinajstić information content (AvgIpc) is 2.71. The summed E-state index contributed by atoms with van der Waals surface area (Å²) in [4.78, 5) is 6.06. The van der Waals surface area contributed by atoms with Gasteiger partial charge >= 0.3 is 0 Å². The maximum Gasteiger partial charge on any atom is 0.180 e. The summed E-state index contributed by atoms with van der Waals surface area (Å²) in [5.41, 5.74) is 6.38. The Morgan fingerprint density at radius 1 is 1.54 bits per heavy atom. The van der Waals surface area contributed by atoms with Crippen LogP contribution >= 0.6 is 22.7 Å². The minimum Gasteiger partial charge on any atom is -0.391 e. The van der Waals surface area contributed by atoms with E-state index in [0.717, 1.165) is 15.4 Å². The Bertz CT molecular complexity index is 394. The molecule has 0 saturated carbocycles. The second-order valence-corrected chi connectivity index (χ2v) is 4.52. The summed E-state index contributed by atoms with van der Waals surface area (Å²) in [6.45, 7) is 0.00208. The smallest absolute Gasteiger partial charge is 0.180 e. The third kappa shape index (κ3) is 1.58. The number of nitrogen functional groups attached to an aromatic ring is 1. The first-order valence-corrected chi connectivity index (χ1v) is 5.41. The van der Waals surface area contributed by atoms with Crippen molar-refractivity contribution in [1.29, 1.82) is 0 Å². The van der Waals surface area contributed by atoms with Crippen molar-refractivity contribution in [3.8, 4) is 10.6 Å². The van der Waals surface area contributed by atoms with Gasteiger partial charge in [-0.1, -0.05) is 17.4 Å². The lowest BCUT2D eigenvalue weighted by molar-refractivity contribution is 0.286. The minimum atomic E-state index is 0.00208. The first-order chi connectivity index (χ1) is 6.31. The summed E-state index contributed by atoms with van der Waals surface area (Å²) in [6.07, 6.45) is 0. The molecule has 2 aromatic heterocycles. The van der Waals surface area contributed by atoms with Crippen LogP contribution in [0, 0.1) is 0 Å². The van der Waals surface area contributed by atoms with Gasteiger partial charge in [-0.25, -0.2) is 4.98 Å². The van der Waals surface area contributed by atoms with Crippen LogP contribution in [0.3, 0.4) is 0 Å². The summed E-state index contributed by atoms with van der Waals surface area (Å²) in [5, 5.41) is 11.5. The molecule has 3 N–H and O–H groups in total. The number of aromatic nitrogens is 1.